The Labute approximate surface area is 148 Å². The Balaban J connectivity index is 1.56. The average molecular weight is 336 g/mol. The second-order valence-corrected chi connectivity index (χ2v) is 7.16. The topological polar surface area (TPSA) is 62.5 Å². The minimum atomic E-state index is -0.402. The van der Waals surface area contributed by atoms with Crippen molar-refractivity contribution in [3.05, 3.63) is 59.8 Å². The Morgan fingerprint density at radius 1 is 1.08 bits per heavy atom. The van der Waals surface area contributed by atoms with Crippen LogP contribution in [0.1, 0.15) is 28.8 Å². The first-order valence-electron chi connectivity index (χ1n) is 8.98. The number of amides is 1. The van der Waals surface area contributed by atoms with Gasteiger partial charge in [0.25, 0.3) is 5.91 Å². The van der Waals surface area contributed by atoms with E-state index in [0.717, 1.165) is 32.0 Å². The molecule has 130 valence electrons. The molecule has 1 aromatic carbocycles. The quantitative estimate of drug-likeness (QED) is 0.930. The Bertz CT molecular complexity index is 748. The van der Waals surface area contributed by atoms with Gasteiger partial charge in [-0.15, -0.1) is 0 Å². The molecule has 2 atom stereocenters. The molecular weight excluding hydrogens is 312 g/mol. The third-order valence-corrected chi connectivity index (χ3v) is 5.41. The van der Waals surface area contributed by atoms with Crippen LogP contribution in [-0.2, 0) is 6.54 Å². The lowest BCUT2D eigenvalue weighted by Crippen LogP contribution is -2.43. The van der Waals surface area contributed by atoms with Crippen molar-refractivity contribution >= 4 is 11.7 Å². The first-order valence-corrected chi connectivity index (χ1v) is 8.98. The highest BCUT2D eigenvalue weighted by Crippen LogP contribution is 2.32. The van der Waals surface area contributed by atoms with E-state index in [0.29, 0.717) is 17.5 Å². The Morgan fingerprint density at radius 3 is 2.72 bits per heavy atom. The summed E-state index contributed by atoms with van der Waals surface area (Å²) >= 11 is 0. The molecule has 5 heteroatoms. The molecule has 3 saturated heterocycles. The predicted molar refractivity (Wildman–Crippen MR) is 98.3 cm³/mol. The lowest BCUT2D eigenvalue weighted by molar-refractivity contribution is 0.100. The molecule has 3 fully saturated rings. The lowest BCUT2D eigenvalue weighted by Gasteiger charge is -2.36. The van der Waals surface area contributed by atoms with Gasteiger partial charge in [0.15, 0.2) is 0 Å². The van der Waals surface area contributed by atoms with Crippen LogP contribution in [0.2, 0.25) is 0 Å². The largest absolute Gasteiger partial charge is 0.365 e. The molecule has 3 aliphatic heterocycles. The number of hydrogen-bond donors (Lipinski definition) is 1. The summed E-state index contributed by atoms with van der Waals surface area (Å²) in [5.74, 6) is 0.944. The van der Waals surface area contributed by atoms with Gasteiger partial charge in [0.1, 0.15) is 5.82 Å². The van der Waals surface area contributed by atoms with Gasteiger partial charge in [-0.25, -0.2) is 4.98 Å². The Kier molecular flexibility index (Phi) is 4.40. The van der Waals surface area contributed by atoms with Gasteiger partial charge >= 0.3 is 0 Å². The van der Waals surface area contributed by atoms with Gasteiger partial charge in [-0.1, -0.05) is 30.3 Å². The highest BCUT2D eigenvalue weighted by atomic mass is 16.1. The molecule has 4 heterocycles. The van der Waals surface area contributed by atoms with Gasteiger partial charge in [0, 0.05) is 38.4 Å². The second-order valence-electron chi connectivity index (χ2n) is 7.16. The van der Waals surface area contributed by atoms with E-state index < -0.39 is 5.91 Å². The van der Waals surface area contributed by atoms with E-state index in [4.69, 9.17) is 5.73 Å². The summed E-state index contributed by atoms with van der Waals surface area (Å²) in [5.41, 5.74) is 7.44. The fourth-order valence-electron chi connectivity index (χ4n) is 4.20. The SMILES string of the molecule is NC(=O)c1cccnc1N1C[C@H]2CC[C@@H](C1)N(Cc1ccccc1)C2. The van der Waals surface area contributed by atoms with Crippen LogP contribution < -0.4 is 10.6 Å². The maximum atomic E-state index is 11.8. The molecule has 0 saturated carbocycles. The van der Waals surface area contributed by atoms with Gasteiger partial charge in [0.05, 0.1) is 5.56 Å². The van der Waals surface area contributed by atoms with Crippen molar-refractivity contribution in [2.45, 2.75) is 25.4 Å². The van der Waals surface area contributed by atoms with Crippen LogP contribution in [0, 0.1) is 5.92 Å². The molecule has 2 bridgehead atoms. The van der Waals surface area contributed by atoms with E-state index in [2.05, 4.69) is 45.1 Å². The normalized spacial score (nSPS) is 23.4. The monoisotopic (exact) mass is 336 g/mol. The third kappa shape index (κ3) is 3.37. The van der Waals surface area contributed by atoms with Crippen LogP contribution >= 0.6 is 0 Å². The van der Waals surface area contributed by atoms with Crippen LogP contribution in [0.4, 0.5) is 5.82 Å². The van der Waals surface area contributed by atoms with Crippen molar-refractivity contribution in [3.63, 3.8) is 0 Å². The molecule has 1 amide bonds. The summed E-state index contributed by atoms with van der Waals surface area (Å²) in [7, 11) is 0. The number of rotatable bonds is 4. The van der Waals surface area contributed by atoms with E-state index in [1.807, 2.05) is 0 Å². The number of primary amides is 1. The number of nitrogens with zero attached hydrogens (tertiary/aromatic N) is 3. The molecule has 0 aliphatic carbocycles. The van der Waals surface area contributed by atoms with Gasteiger partial charge < -0.3 is 10.6 Å². The Morgan fingerprint density at radius 2 is 1.92 bits per heavy atom. The number of anilines is 1. The number of carbonyl (C=O) groups excluding carboxylic acids is 1. The zero-order valence-electron chi connectivity index (χ0n) is 14.3. The van der Waals surface area contributed by atoms with Crippen molar-refractivity contribution in [2.24, 2.45) is 11.7 Å². The lowest BCUT2D eigenvalue weighted by atomic mass is 9.94. The molecule has 0 spiro atoms. The average Bonchev–Trinajstić information content (AvgIpc) is 2.94. The summed E-state index contributed by atoms with van der Waals surface area (Å²) in [5, 5.41) is 0. The fraction of sp³-hybridized carbons (Fsp3) is 0.400. The van der Waals surface area contributed by atoms with E-state index in [1.165, 1.54) is 18.4 Å². The minimum Gasteiger partial charge on any atom is -0.365 e. The van der Waals surface area contributed by atoms with Gasteiger partial charge in [0.2, 0.25) is 0 Å². The molecule has 3 aliphatic rings. The van der Waals surface area contributed by atoms with E-state index >= 15 is 0 Å². The highest BCUT2D eigenvalue weighted by molar-refractivity contribution is 5.97. The smallest absolute Gasteiger partial charge is 0.252 e. The number of nitrogens with two attached hydrogens (primary N) is 1. The summed E-state index contributed by atoms with van der Waals surface area (Å²) in [4.78, 5) is 21.1. The molecule has 2 N–H and O–H groups in total. The van der Waals surface area contributed by atoms with Crippen LogP contribution in [0.25, 0.3) is 0 Å². The van der Waals surface area contributed by atoms with Crippen molar-refractivity contribution < 1.29 is 4.79 Å². The molecule has 0 unspecified atom stereocenters. The van der Waals surface area contributed by atoms with E-state index in [-0.39, 0.29) is 0 Å². The molecule has 2 aromatic rings. The number of benzene rings is 1. The molecule has 5 nitrogen and oxygen atoms in total. The zero-order chi connectivity index (χ0) is 17.2. The number of aromatic nitrogens is 1. The molecule has 0 radical (unpaired) electrons. The predicted octanol–water partition coefficient (Wildman–Crippen LogP) is 2.28. The standard InChI is InChI=1S/C20H24N4O/c21-19(25)18-7-4-10-22-20(18)24-13-16-8-9-17(14-24)23(12-16)11-15-5-2-1-3-6-15/h1-7,10,16-17H,8-9,11-14H2,(H2,21,25)/t16-,17-/m0/s1. The second kappa shape index (κ2) is 6.84. The maximum absolute atomic E-state index is 11.8. The van der Waals surface area contributed by atoms with Crippen molar-refractivity contribution in [3.8, 4) is 0 Å². The molecular formula is C20H24N4O. The van der Waals surface area contributed by atoms with Crippen molar-refractivity contribution in [1.82, 2.24) is 9.88 Å². The summed E-state index contributed by atoms with van der Waals surface area (Å²) < 4.78 is 0. The summed E-state index contributed by atoms with van der Waals surface area (Å²) in [6.45, 7) is 3.94. The number of fused-ring (bicyclic) bond motifs is 4. The summed E-state index contributed by atoms with van der Waals surface area (Å²) in [6, 6.07) is 14.7. The minimum absolute atomic E-state index is 0.402. The first-order chi connectivity index (χ1) is 12.2. The third-order valence-electron chi connectivity index (χ3n) is 5.41. The van der Waals surface area contributed by atoms with Crippen LogP contribution in [-0.4, -0.2) is 41.5 Å². The molecule has 1 aromatic heterocycles. The summed E-state index contributed by atoms with van der Waals surface area (Å²) in [6.07, 6.45) is 4.19. The van der Waals surface area contributed by atoms with Crippen molar-refractivity contribution in [1.29, 1.82) is 0 Å². The maximum Gasteiger partial charge on any atom is 0.252 e. The highest BCUT2D eigenvalue weighted by Gasteiger charge is 2.35. The van der Waals surface area contributed by atoms with Gasteiger partial charge in [-0.3, -0.25) is 9.69 Å². The molecule has 5 rings (SSSR count). The molecule has 25 heavy (non-hydrogen) atoms. The van der Waals surface area contributed by atoms with Crippen molar-refractivity contribution in [2.75, 3.05) is 24.5 Å². The van der Waals surface area contributed by atoms with Crippen LogP contribution in [0.3, 0.4) is 0 Å². The number of hydrogen-bond acceptors (Lipinski definition) is 4. The van der Waals surface area contributed by atoms with Crippen LogP contribution in [0.15, 0.2) is 48.7 Å². The zero-order valence-corrected chi connectivity index (χ0v) is 14.3. The first kappa shape index (κ1) is 16.1. The van der Waals surface area contributed by atoms with E-state index in [1.54, 1.807) is 18.3 Å². The van der Waals surface area contributed by atoms with Gasteiger partial charge in [-0.05, 0) is 36.5 Å². The number of carbonyl (C=O) groups is 1. The van der Waals surface area contributed by atoms with E-state index in [9.17, 15) is 4.79 Å². The number of piperidine rings is 1. The number of pyridine rings is 1. The van der Waals surface area contributed by atoms with Gasteiger partial charge in [-0.2, -0.15) is 0 Å². The Hall–Kier alpha value is -2.40. The van der Waals surface area contributed by atoms with Crippen LogP contribution in [0.5, 0.6) is 0 Å². The fourth-order valence-corrected chi connectivity index (χ4v) is 4.20.